The van der Waals surface area contributed by atoms with Gasteiger partial charge in [-0.3, -0.25) is 5.41 Å². The van der Waals surface area contributed by atoms with E-state index in [1.165, 1.54) is 0 Å². The van der Waals surface area contributed by atoms with Crippen molar-refractivity contribution in [2.45, 2.75) is 25.9 Å². The Balaban J connectivity index is 2.29. The molecule has 1 unspecified atom stereocenters. The highest BCUT2D eigenvalue weighted by molar-refractivity contribution is 6.00. The Labute approximate surface area is 108 Å². The van der Waals surface area contributed by atoms with Gasteiger partial charge >= 0.3 is 0 Å². The molecule has 1 heterocycles. The molecule has 0 saturated carbocycles. The van der Waals surface area contributed by atoms with Crippen molar-refractivity contribution in [2.75, 3.05) is 25.1 Å². The smallest absolute Gasteiger partial charge is 0.124 e. The summed E-state index contributed by atoms with van der Waals surface area (Å²) in [5.74, 6) is 0.133. The molecule has 4 heteroatoms. The summed E-state index contributed by atoms with van der Waals surface area (Å²) in [6.07, 6.45) is 2.50. The Morgan fingerprint density at radius 1 is 1.50 bits per heavy atom. The summed E-state index contributed by atoms with van der Waals surface area (Å²) in [5, 5.41) is 7.71. The Kier molecular flexibility index (Phi) is 3.87. The van der Waals surface area contributed by atoms with Crippen molar-refractivity contribution < 1.29 is 4.74 Å². The van der Waals surface area contributed by atoms with Gasteiger partial charge < -0.3 is 15.4 Å². The molecule has 1 aromatic rings. The topological polar surface area (TPSA) is 62.3 Å². The van der Waals surface area contributed by atoms with Crippen LogP contribution < -0.4 is 10.6 Å². The molecule has 0 amide bonds. The predicted molar refractivity (Wildman–Crippen MR) is 74.4 cm³/mol. The fraction of sp³-hybridized carbons (Fsp3) is 0.500. The molecule has 98 valence electrons. The number of ether oxygens (including phenoxy) is 1. The van der Waals surface area contributed by atoms with E-state index >= 15 is 0 Å². The number of rotatable bonds is 3. The van der Waals surface area contributed by atoms with Crippen molar-refractivity contribution in [1.82, 2.24) is 0 Å². The maximum absolute atomic E-state index is 7.71. The van der Waals surface area contributed by atoms with Crippen LogP contribution in [0, 0.1) is 12.3 Å². The third-order valence-corrected chi connectivity index (χ3v) is 3.49. The standard InChI is InChI=1S/C14H21N3O/c1-10-5-6-13(12(8-10)14(15)16)17-7-3-4-11(9-17)18-2/h5-6,8,11H,3-4,7,9H2,1-2H3,(H3,15,16). The Morgan fingerprint density at radius 3 is 2.94 bits per heavy atom. The summed E-state index contributed by atoms with van der Waals surface area (Å²) in [6.45, 7) is 3.90. The van der Waals surface area contributed by atoms with Crippen LogP contribution in [-0.2, 0) is 4.74 Å². The number of aryl methyl sites for hydroxylation is 1. The fourth-order valence-corrected chi connectivity index (χ4v) is 2.49. The molecule has 1 fully saturated rings. The van der Waals surface area contributed by atoms with Gasteiger partial charge in [0.1, 0.15) is 5.84 Å². The molecule has 3 N–H and O–H groups in total. The molecule has 2 rings (SSSR count). The van der Waals surface area contributed by atoms with Gasteiger partial charge in [0.15, 0.2) is 0 Å². The van der Waals surface area contributed by atoms with Gasteiger partial charge in [0.05, 0.1) is 6.10 Å². The summed E-state index contributed by atoms with van der Waals surface area (Å²) >= 11 is 0. The summed E-state index contributed by atoms with van der Waals surface area (Å²) in [7, 11) is 1.76. The van der Waals surface area contributed by atoms with E-state index in [-0.39, 0.29) is 11.9 Å². The van der Waals surface area contributed by atoms with Gasteiger partial charge in [-0.1, -0.05) is 11.6 Å². The van der Waals surface area contributed by atoms with Crippen LogP contribution in [0.25, 0.3) is 0 Å². The average molecular weight is 247 g/mol. The molecule has 18 heavy (non-hydrogen) atoms. The van der Waals surface area contributed by atoms with Gasteiger partial charge in [-0.15, -0.1) is 0 Å². The lowest BCUT2D eigenvalue weighted by atomic mass is 10.0. The number of piperidine rings is 1. The van der Waals surface area contributed by atoms with Crippen LogP contribution in [0.4, 0.5) is 5.69 Å². The zero-order valence-electron chi connectivity index (χ0n) is 11.1. The summed E-state index contributed by atoms with van der Waals surface area (Å²) in [5.41, 5.74) is 8.69. The summed E-state index contributed by atoms with van der Waals surface area (Å²) < 4.78 is 5.44. The van der Waals surface area contributed by atoms with E-state index in [0.29, 0.717) is 0 Å². The molecule has 0 spiro atoms. The third-order valence-electron chi connectivity index (χ3n) is 3.49. The fourth-order valence-electron chi connectivity index (χ4n) is 2.49. The minimum atomic E-state index is 0.133. The van der Waals surface area contributed by atoms with Crippen molar-refractivity contribution in [1.29, 1.82) is 5.41 Å². The Hall–Kier alpha value is -1.55. The minimum absolute atomic E-state index is 0.133. The Bertz CT molecular complexity index is 445. The predicted octanol–water partition coefficient (Wildman–Crippen LogP) is 1.89. The molecule has 1 saturated heterocycles. The lowest BCUT2D eigenvalue weighted by Crippen LogP contribution is -2.40. The molecule has 1 aromatic carbocycles. The van der Waals surface area contributed by atoms with Gasteiger partial charge in [-0.25, -0.2) is 0 Å². The molecule has 4 nitrogen and oxygen atoms in total. The van der Waals surface area contributed by atoms with E-state index in [9.17, 15) is 0 Å². The number of nitrogens with one attached hydrogen (secondary N) is 1. The van der Waals surface area contributed by atoms with E-state index in [0.717, 1.165) is 42.7 Å². The number of hydrogen-bond donors (Lipinski definition) is 2. The second kappa shape index (κ2) is 5.40. The number of anilines is 1. The van der Waals surface area contributed by atoms with Gasteiger partial charge in [-0.05, 0) is 31.9 Å². The molecule has 0 aliphatic carbocycles. The molecule has 0 radical (unpaired) electrons. The third kappa shape index (κ3) is 2.64. The van der Waals surface area contributed by atoms with Gasteiger partial charge in [0.25, 0.3) is 0 Å². The molecule has 1 aliphatic rings. The van der Waals surface area contributed by atoms with Gasteiger partial charge in [-0.2, -0.15) is 0 Å². The largest absolute Gasteiger partial charge is 0.384 e. The van der Waals surface area contributed by atoms with Crippen molar-refractivity contribution in [2.24, 2.45) is 5.73 Å². The normalized spacial score (nSPS) is 19.9. The monoisotopic (exact) mass is 247 g/mol. The number of benzene rings is 1. The number of nitrogens with two attached hydrogens (primary N) is 1. The summed E-state index contributed by atoms with van der Waals surface area (Å²) in [4.78, 5) is 2.27. The maximum atomic E-state index is 7.71. The number of nitrogens with zero attached hydrogens (tertiary/aromatic N) is 1. The lowest BCUT2D eigenvalue weighted by Gasteiger charge is -2.34. The quantitative estimate of drug-likeness (QED) is 0.633. The van der Waals surface area contributed by atoms with E-state index in [1.54, 1.807) is 7.11 Å². The first-order valence-electron chi connectivity index (χ1n) is 6.34. The van der Waals surface area contributed by atoms with E-state index in [2.05, 4.69) is 17.0 Å². The van der Waals surface area contributed by atoms with Crippen LogP contribution in [0.5, 0.6) is 0 Å². The molecule has 1 atom stereocenters. The average Bonchev–Trinajstić information content (AvgIpc) is 2.38. The minimum Gasteiger partial charge on any atom is -0.384 e. The van der Waals surface area contributed by atoms with Crippen molar-refractivity contribution in [3.05, 3.63) is 29.3 Å². The number of amidine groups is 1. The molecule has 1 aliphatic heterocycles. The zero-order chi connectivity index (χ0) is 13.1. The van der Waals surface area contributed by atoms with Crippen LogP contribution in [-0.4, -0.2) is 32.1 Å². The number of hydrogen-bond acceptors (Lipinski definition) is 3. The molecular weight excluding hydrogens is 226 g/mol. The van der Waals surface area contributed by atoms with Crippen LogP contribution in [0.3, 0.4) is 0 Å². The van der Waals surface area contributed by atoms with Crippen molar-refractivity contribution in [3.63, 3.8) is 0 Å². The van der Waals surface area contributed by atoms with Crippen LogP contribution >= 0.6 is 0 Å². The van der Waals surface area contributed by atoms with E-state index < -0.39 is 0 Å². The Morgan fingerprint density at radius 2 is 2.28 bits per heavy atom. The second-order valence-electron chi connectivity index (χ2n) is 4.88. The second-order valence-corrected chi connectivity index (χ2v) is 4.88. The van der Waals surface area contributed by atoms with Gasteiger partial charge in [0.2, 0.25) is 0 Å². The molecular formula is C14H21N3O. The van der Waals surface area contributed by atoms with Crippen molar-refractivity contribution in [3.8, 4) is 0 Å². The SMILES string of the molecule is COC1CCCN(c2ccc(C)cc2C(=N)N)C1. The first-order valence-corrected chi connectivity index (χ1v) is 6.34. The van der Waals surface area contributed by atoms with E-state index in [1.807, 2.05) is 13.0 Å². The number of methoxy groups -OCH3 is 1. The van der Waals surface area contributed by atoms with Crippen molar-refractivity contribution >= 4 is 11.5 Å². The maximum Gasteiger partial charge on any atom is 0.124 e. The van der Waals surface area contributed by atoms with E-state index in [4.69, 9.17) is 15.9 Å². The van der Waals surface area contributed by atoms with Crippen LogP contribution in [0.2, 0.25) is 0 Å². The summed E-state index contributed by atoms with van der Waals surface area (Å²) in [6, 6.07) is 6.11. The highest BCUT2D eigenvalue weighted by Gasteiger charge is 2.22. The van der Waals surface area contributed by atoms with Crippen LogP contribution in [0.15, 0.2) is 18.2 Å². The van der Waals surface area contributed by atoms with Crippen LogP contribution in [0.1, 0.15) is 24.0 Å². The highest BCUT2D eigenvalue weighted by atomic mass is 16.5. The first kappa shape index (κ1) is 12.9. The number of nitrogen functional groups attached to an aromatic ring is 1. The lowest BCUT2D eigenvalue weighted by molar-refractivity contribution is 0.0893. The highest BCUT2D eigenvalue weighted by Crippen LogP contribution is 2.25. The van der Waals surface area contributed by atoms with Gasteiger partial charge in [0, 0.05) is 31.5 Å². The molecule has 0 aromatic heterocycles. The zero-order valence-corrected chi connectivity index (χ0v) is 11.1. The molecule has 0 bridgehead atoms. The first-order chi connectivity index (χ1) is 8.61.